The maximum absolute atomic E-state index is 12.6. The molecule has 0 heterocycles. The molecular formula is C14H20N2O3S2. The van der Waals surface area contributed by atoms with Crippen LogP contribution in [0.2, 0.25) is 0 Å². The van der Waals surface area contributed by atoms with E-state index in [1.54, 1.807) is 12.1 Å². The van der Waals surface area contributed by atoms with Crippen LogP contribution in [-0.4, -0.2) is 42.0 Å². The first-order valence-corrected chi connectivity index (χ1v) is 8.75. The van der Waals surface area contributed by atoms with E-state index < -0.39 is 16.1 Å². The molecule has 2 unspecified atom stereocenters. The third-order valence-electron chi connectivity index (χ3n) is 3.98. The molecule has 0 aliphatic heterocycles. The molecule has 1 aliphatic rings. The quantitative estimate of drug-likeness (QED) is 0.813. The lowest BCUT2D eigenvalue weighted by Gasteiger charge is -2.34. The zero-order valence-electron chi connectivity index (χ0n) is 11.9. The van der Waals surface area contributed by atoms with Crippen LogP contribution in [-0.2, 0) is 10.0 Å². The second-order valence-electron chi connectivity index (χ2n) is 5.33. The number of aliphatic hydroxyl groups is 1. The Morgan fingerprint density at radius 2 is 1.86 bits per heavy atom. The van der Waals surface area contributed by atoms with Gasteiger partial charge in [0.2, 0.25) is 10.0 Å². The van der Waals surface area contributed by atoms with Gasteiger partial charge in [0.25, 0.3) is 0 Å². The van der Waals surface area contributed by atoms with Gasteiger partial charge >= 0.3 is 0 Å². The highest BCUT2D eigenvalue weighted by Crippen LogP contribution is 2.27. The molecule has 0 saturated heterocycles. The number of hydrogen-bond donors (Lipinski definition) is 2. The molecule has 21 heavy (non-hydrogen) atoms. The highest BCUT2D eigenvalue weighted by Gasteiger charge is 2.34. The molecular weight excluding hydrogens is 308 g/mol. The van der Waals surface area contributed by atoms with E-state index in [2.05, 4.69) is 0 Å². The number of rotatable bonds is 4. The van der Waals surface area contributed by atoms with Crippen LogP contribution in [0.1, 0.15) is 31.2 Å². The van der Waals surface area contributed by atoms with Gasteiger partial charge in [-0.25, -0.2) is 8.42 Å². The maximum Gasteiger partial charge on any atom is 0.243 e. The fourth-order valence-electron chi connectivity index (χ4n) is 2.65. The second kappa shape index (κ2) is 6.39. The summed E-state index contributed by atoms with van der Waals surface area (Å²) in [6.07, 6.45) is 2.59. The number of thiocarbonyl (C=S) groups is 1. The van der Waals surface area contributed by atoms with Gasteiger partial charge in [0.05, 0.1) is 17.0 Å². The SMILES string of the molecule is CN(C1CCCCC1O)S(=O)(=O)c1ccc(C(N)=S)cc1. The third kappa shape index (κ3) is 3.42. The molecule has 2 atom stereocenters. The van der Waals surface area contributed by atoms with Crippen molar-refractivity contribution in [1.29, 1.82) is 0 Å². The van der Waals surface area contributed by atoms with Gasteiger partial charge in [-0.15, -0.1) is 0 Å². The Balaban J connectivity index is 2.26. The highest BCUT2D eigenvalue weighted by atomic mass is 32.2. The summed E-state index contributed by atoms with van der Waals surface area (Å²) in [6, 6.07) is 5.82. The Morgan fingerprint density at radius 3 is 2.38 bits per heavy atom. The lowest BCUT2D eigenvalue weighted by Crippen LogP contribution is -2.46. The molecule has 1 saturated carbocycles. The van der Waals surface area contributed by atoms with Crippen molar-refractivity contribution in [3.63, 3.8) is 0 Å². The number of nitrogens with zero attached hydrogens (tertiary/aromatic N) is 1. The van der Waals surface area contributed by atoms with Crippen LogP contribution in [0.4, 0.5) is 0 Å². The van der Waals surface area contributed by atoms with Gasteiger partial charge in [-0.2, -0.15) is 4.31 Å². The molecule has 0 radical (unpaired) electrons. The van der Waals surface area contributed by atoms with Gasteiger partial charge in [0.1, 0.15) is 4.99 Å². The number of sulfonamides is 1. The summed E-state index contributed by atoms with van der Waals surface area (Å²) in [5, 5.41) is 10.0. The summed E-state index contributed by atoms with van der Waals surface area (Å²) < 4.78 is 26.5. The third-order valence-corrected chi connectivity index (χ3v) is 6.11. The normalized spacial score (nSPS) is 23.2. The van der Waals surface area contributed by atoms with E-state index >= 15 is 0 Å². The average molecular weight is 328 g/mol. The van der Waals surface area contributed by atoms with Crippen LogP contribution in [0.3, 0.4) is 0 Å². The standard InChI is InChI=1S/C14H20N2O3S2/c1-16(12-4-2-3-5-13(12)17)21(18,19)11-8-6-10(7-9-11)14(15)20/h6-9,12-13,17H,2-5H2,1H3,(H2,15,20). The summed E-state index contributed by atoms with van der Waals surface area (Å²) in [5.41, 5.74) is 6.14. The molecule has 0 amide bonds. The monoisotopic (exact) mass is 328 g/mol. The molecule has 3 N–H and O–H groups in total. The first kappa shape index (κ1) is 16.4. The number of hydrogen-bond acceptors (Lipinski definition) is 4. The van der Waals surface area contributed by atoms with E-state index in [0.717, 1.165) is 12.8 Å². The lowest BCUT2D eigenvalue weighted by atomic mass is 9.93. The van der Waals surface area contributed by atoms with Gasteiger partial charge in [-0.05, 0) is 25.0 Å². The van der Waals surface area contributed by atoms with E-state index in [4.69, 9.17) is 18.0 Å². The second-order valence-corrected chi connectivity index (χ2v) is 7.77. The van der Waals surface area contributed by atoms with Crippen molar-refractivity contribution in [3.05, 3.63) is 29.8 Å². The van der Waals surface area contributed by atoms with E-state index in [1.807, 2.05) is 0 Å². The Labute approximate surface area is 130 Å². The van der Waals surface area contributed by atoms with Crippen LogP contribution in [0.25, 0.3) is 0 Å². The average Bonchev–Trinajstić information content (AvgIpc) is 2.47. The predicted octanol–water partition coefficient (Wildman–Crippen LogP) is 1.24. The summed E-state index contributed by atoms with van der Waals surface area (Å²) in [6.45, 7) is 0. The molecule has 0 aromatic heterocycles. The Kier molecular flexibility index (Phi) is 4.98. The van der Waals surface area contributed by atoms with Crippen molar-refractivity contribution in [2.75, 3.05) is 7.05 Å². The topological polar surface area (TPSA) is 83.6 Å². The Bertz CT molecular complexity index is 614. The number of nitrogens with two attached hydrogens (primary N) is 1. The first-order chi connectivity index (χ1) is 9.84. The van der Waals surface area contributed by atoms with Crippen molar-refractivity contribution in [2.24, 2.45) is 5.73 Å². The fourth-order valence-corrected chi connectivity index (χ4v) is 4.20. The minimum Gasteiger partial charge on any atom is -0.391 e. The number of aliphatic hydroxyl groups excluding tert-OH is 1. The zero-order valence-corrected chi connectivity index (χ0v) is 13.5. The lowest BCUT2D eigenvalue weighted by molar-refractivity contribution is 0.0638. The Morgan fingerprint density at radius 1 is 1.29 bits per heavy atom. The summed E-state index contributed by atoms with van der Waals surface area (Å²) in [5.74, 6) is 0. The van der Waals surface area contributed by atoms with Crippen LogP contribution < -0.4 is 5.73 Å². The number of likely N-dealkylation sites (N-methyl/N-ethyl adjacent to an activating group) is 1. The van der Waals surface area contributed by atoms with Crippen molar-refractivity contribution < 1.29 is 13.5 Å². The summed E-state index contributed by atoms with van der Waals surface area (Å²) in [7, 11) is -2.10. The smallest absolute Gasteiger partial charge is 0.243 e. The molecule has 2 rings (SSSR count). The van der Waals surface area contributed by atoms with Crippen molar-refractivity contribution >= 4 is 27.2 Å². The molecule has 7 heteroatoms. The summed E-state index contributed by atoms with van der Waals surface area (Å²) in [4.78, 5) is 0.415. The number of benzene rings is 1. The van der Waals surface area contributed by atoms with Crippen molar-refractivity contribution in [2.45, 2.75) is 42.7 Å². The predicted molar refractivity (Wildman–Crippen MR) is 85.5 cm³/mol. The molecule has 0 bridgehead atoms. The first-order valence-electron chi connectivity index (χ1n) is 6.90. The molecule has 1 aromatic rings. The van der Waals surface area contributed by atoms with Crippen LogP contribution >= 0.6 is 12.2 Å². The van der Waals surface area contributed by atoms with E-state index in [9.17, 15) is 13.5 Å². The van der Waals surface area contributed by atoms with Crippen LogP contribution in [0.5, 0.6) is 0 Å². The van der Waals surface area contributed by atoms with Gasteiger partial charge in [-0.3, -0.25) is 0 Å². The van der Waals surface area contributed by atoms with E-state index in [1.165, 1.54) is 23.5 Å². The Hall–Kier alpha value is -1.02. The van der Waals surface area contributed by atoms with Crippen LogP contribution in [0.15, 0.2) is 29.2 Å². The van der Waals surface area contributed by atoms with E-state index in [-0.39, 0.29) is 15.9 Å². The van der Waals surface area contributed by atoms with Crippen molar-refractivity contribution in [3.8, 4) is 0 Å². The zero-order chi connectivity index (χ0) is 15.6. The minimum absolute atomic E-state index is 0.183. The molecule has 1 aromatic carbocycles. The van der Waals surface area contributed by atoms with Gasteiger partial charge in [-0.1, -0.05) is 37.2 Å². The highest BCUT2D eigenvalue weighted by molar-refractivity contribution is 7.89. The van der Waals surface area contributed by atoms with Gasteiger partial charge in [0.15, 0.2) is 0 Å². The molecule has 1 fully saturated rings. The largest absolute Gasteiger partial charge is 0.391 e. The maximum atomic E-state index is 12.6. The van der Waals surface area contributed by atoms with Gasteiger partial charge in [0, 0.05) is 12.6 Å². The van der Waals surface area contributed by atoms with E-state index in [0.29, 0.717) is 18.4 Å². The molecule has 5 nitrogen and oxygen atoms in total. The molecule has 116 valence electrons. The van der Waals surface area contributed by atoms with Gasteiger partial charge < -0.3 is 10.8 Å². The van der Waals surface area contributed by atoms with Crippen molar-refractivity contribution in [1.82, 2.24) is 4.31 Å². The molecule has 0 spiro atoms. The summed E-state index contributed by atoms with van der Waals surface area (Å²) >= 11 is 4.85. The fraction of sp³-hybridized carbons (Fsp3) is 0.500. The van der Waals surface area contributed by atoms with Crippen LogP contribution in [0, 0.1) is 0 Å². The minimum atomic E-state index is -3.62. The molecule has 1 aliphatic carbocycles.